The van der Waals surface area contributed by atoms with Crippen molar-refractivity contribution in [3.8, 4) is 0 Å². The largest absolute Gasteiger partial charge is 0.392 e. The van der Waals surface area contributed by atoms with E-state index >= 15 is 0 Å². The number of hydrogen-bond acceptors (Lipinski definition) is 1. The highest BCUT2D eigenvalue weighted by atomic mass is 79.9. The minimum absolute atomic E-state index is 0.00988. The first-order valence-corrected chi connectivity index (χ1v) is 7.23. The van der Waals surface area contributed by atoms with Gasteiger partial charge in [0.2, 0.25) is 5.91 Å². The number of rotatable bonds is 4. The molecule has 1 amide bonds. The number of nitrogens with one attached hydrogen (secondary N) is 1. The van der Waals surface area contributed by atoms with Gasteiger partial charge in [0.05, 0.1) is 10.7 Å². The Kier molecular flexibility index (Phi) is 4.14. The van der Waals surface area contributed by atoms with Crippen LogP contribution in [-0.2, 0) is 10.2 Å². The van der Waals surface area contributed by atoms with E-state index in [1.165, 1.54) is 0 Å². The second-order valence-corrected chi connectivity index (χ2v) is 6.53. The van der Waals surface area contributed by atoms with Gasteiger partial charge in [-0.2, -0.15) is 13.2 Å². The molecule has 0 radical (unpaired) electrons. The molecule has 0 heterocycles. The van der Waals surface area contributed by atoms with E-state index in [1.807, 2.05) is 0 Å². The molecule has 2 rings (SSSR count). The minimum atomic E-state index is -4.24. The number of benzene rings is 1. The molecule has 0 spiro atoms. The molecule has 1 aromatic rings. The summed E-state index contributed by atoms with van der Waals surface area (Å²) in [5.74, 6) is -1.68. The van der Waals surface area contributed by atoms with Crippen molar-refractivity contribution in [3.05, 3.63) is 35.9 Å². The van der Waals surface area contributed by atoms with Crippen LogP contribution in [0.25, 0.3) is 0 Å². The maximum absolute atomic E-state index is 13.0. The van der Waals surface area contributed by atoms with Crippen molar-refractivity contribution in [2.75, 3.05) is 6.54 Å². The smallest absolute Gasteiger partial charge is 0.354 e. The van der Waals surface area contributed by atoms with Crippen molar-refractivity contribution in [3.63, 3.8) is 0 Å². The van der Waals surface area contributed by atoms with Gasteiger partial charge in [-0.15, -0.1) is 0 Å². The van der Waals surface area contributed by atoms with Crippen LogP contribution in [0.2, 0.25) is 0 Å². The minimum Gasteiger partial charge on any atom is -0.354 e. The Balaban J connectivity index is 2.18. The highest BCUT2D eigenvalue weighted by molar-refractivity contribution is 9.10. The maximum Gasteiger partial charge on any atom is 0.392 e. The van der Waals surface area contributed by atoms with Gasteiger partial charge in [0.1, 0.15) is 0 Å². The number of carbonyl (C=O) groups is 1. The van der Waals surface area contributed by atoms with E-state index in [2.05, 4.69) is 21.2 Å². The summed E-state index contributed by atoms with van der Waals surface area (Å²) < 4.78 is 38.9. The zero-order valence-corrected chi connectivity index (χ0v) is 12.5. The van der Waals surface area contributed by atoms with Gasteiger partial charge >= 0.3 is 6.18 Å². The predicted molar refractivity (Wildman–Crippen MR) is 73.7 cm³/mol. The van der Waals surface area contributed by atoms with Gasteiger partial charge < -0.3 is 5.32 Å². The Morgan fingerprint density at radius 2 is 2.05 bits per heavy atom. The molecule has 2 nitrogen and oxygen atoms in total. The molecule has 1 saturated carbocycles. The van der Waals surface area contributed by atoms with Crippen LogP contribution < -0.4 is 5.32 Å². The molecule has 6 heteroatoms. The Bertz CT molecular complexity index is 489. The van der Waals surface area contributed by atoms with Crippen LogP contribution in [0.4, 0.5) is 13.2 Å². The van der Waals surface area contributed by atoms with Crippen LogP contribution in [0.1, 0.15) is 18.9 Å². The van der Waals surface area contributed by atoms with Gasteiger partial charge in [0.25, 0.3) is 0 Å². The van der Waals surface area contributed by atoms with Crippen LogP contribution in [0, 0.1) is 5.92 Å². The summed E-state index contributed by atoms with van der Waals surface area (Å²) in [6, 6.07) is 8.59. The molecular weight excluding hydrogens is 335 g/mol. The molecule has 1 N–H and O–H groups in total. The molecule has 1 aliphatic carbocycles. The fourth-order valence-corrected chi connectivity index (χ4v) is 2.67. The van der Waals surface area contributed by atoms with Crippen molar-refractivity contribution < 1.29 is 18.0 Å². The first-order valence-electron chi connectivity index (χ1n) is 6.31. The van der Waals surface area contributed by atoms with Gasteiger partial charge in [-0.3, -0.25) is 4.79 Å². The topological polar surface area (TPSA) is 29.1 Å². The van der Waals surface area contributed by atoms with E-state index in [9.17, 15) is 18.0 Å². The molecule has 0 aliphatic heterocycles. The molecule has 110 valence electrons. The average Bonchev–Trinajstić information content (AvgIpc) is 3.13. The average molecular weight is 350 g/mol. The molecule has 0 bridgehead atoms. The summed E-state index contributed by atoms with van der Waals surface area (Å²) in [6.45, 7) is 1.65. The van der Waals surface area contributed by atoms with Gasteiger partial charge in [-0.25, -0.2) is 0 Å². The van der Waals surface area contributed by atoms with Crippen LogP contribution in [0.15, 0.2) is 30.3 Å². The van der Waals surface area contributed by atoms with Gasteiger partial charge in [-0.05, 0) is 18.9 Å². The highest BCUT2D eigenvalue weighted by Crippen LogP contribution is 2.60. The highest BCUT2D eigenvalue weighted by Gasteiger charge is 2.67. The zero-order valence-electron chi connectivity index (χ0n) is 10.9. The molecule has 3 atom stereocenters. The summed E-state index contributed by atoms with van der Waals surface area (Å²) in [5.41, 5.74) is -0.387. The number of hydrogen-bond donors (Lipinski definition) is 1. The lowest BCUT2D eigenvalue weighted by molar-refractivity contribution is -0.152. The first kappa shape index (κ1) is 15.4. The molecule has 0 unspecified atom stereocenters. The zero-order chi connectivity index (χ0) is 15.0. The van der Waals surface area contributed by atoms with Crippen LogP contribution >= 0.6 is 15.9 Å². The van der Waals surface area contributed by atoms with Crippen molar-refractivity contribution in [2.24, 2.45) is 5.92 Å². The monoisotopic (exact) mass is 349 g/mol. The van der Waals surface area contributed by atoms with Crippen molar-refractivity contribution >= 4 is 21.8 Å². The van der Waals surface area contributed by atoms with Crippen molar-refractivity contribution in [1.29, 1.82) is 0 Å². The fourth-order valence-electron chi connectivity index (χ4n) is 2.51. The molecule has 0 saturated heterocycles. The van der Waals surface area contributed by atoms with E-state index in [0.717, 1.165) is 0 Å². The first-order chi connectivity index (χ1) is 9.27. The van der Waals surface area contributed by atoms with Gasteiger partial charge in [0, 0.05) is 12.0 Å². The Labute approximate surface area is 123 Å². The summed E-state index contributed by atoms with van der Waals surface area (Å²) in [5, 5.41) is 2.60. The predicted octanol–water partition coefficient (Wildman–Crippen LogP) is 3.41. The summed E-state index contributed by atoms with van der Waals surface area (Å²) >= 11 is 3.10. The number of carbonyl (C=O) groups excluding carboxylic acids is 1. The van der Waals surface area contributed by atoms with Crippen LogP contribution in [-0.4, -0.2) is 23.5 Å². The molecular formula is C14H15BrF3NO. The molecule has 1 aromatic carbocycles. The van der Waals surface area contributed by atoms with E-state index in [-0.39, 0.29) is 18.9 Å². The Morgan fingerprint density at radius 3 is 2.50 bits per heavy atom. The summed E-state index contributed by atoms with van der Waals surface area (Å²) in [7, 11) is 0. The SMILES string of the molecule is C[C@@H](Br)C(=O)NC[C@]1(c2ccccc2)C[C@@H]1C(F)(F)F. The lowest BCUT2D eigenvalue weighted by Gasteiger charge is -2.20. The quantitative estimate of drug-likeness (QED) is 0.829. The Morgan fingerprint density at radius 1 is 1.45 bits per heavy atom. The Hall–Kier alpha value is -1.04. The molecule has 0 aromatic heterocycles. The molecule has 1 fully saturated rings. The third kappa shape index (κ3) is 3.00. The lowest BCUT2D eigenvalue weighted by Crippen LogP contribution is -2.38. The molecule has 20 heavy (non-hydrogen) atoms. The van der Waals surface area contributed by atoms with E-state index in [0.29, 0.717) is 5.56 Å². The van der Waals surface area contributed by atoms with Gasteiger partial charge in [0.15, 0.2) is 0 Å². The standard InChI is InChI=1S/C14H15BrF3NO/c1-9(15)12(20)19-8-13(7-11(13)14(16,17)18)10-5-3-2-4-6-10/h2-6,9,11H,7-8H2,1H3,(H,19,20)/t9-,11+,13+/m1/s1. The lowest BCUT2D eigenvalue weighted by atomic mass is 9.92. The summed E-state index contributed by atoms with van der Waals surface area (Å²) in [6.07, 6.45) is -4.21. The van der Waals surface area contributed by atoms with Crippen LogP contribution in [0.3, 0.4) is 0 Å². The normalized spacial score (nSPS) is 26.9. The van der Waals surface area contributed by atoms with Crippen LogP contribution in [0.5, 0.6) is 0 Å². The van der Waals surface area contributed by atoms with Crippen molar-refractivity contribution in [1.82, 2.24) is 5.32 Å². The van der Waals surface area contributed by atoms with E-state index in [4.69, 9.17) is 0 Å². The third-order valence-corrected chi connectivity index (χ3v) is 4.17. The number of alkyl halides is 4. The fraction of sp³-hybridized carbons (Fsp3) is 0.500. The van der Waals surface area contributed by atoms with Crippen molar-refractivity contribution in [2.45, 2.75) is 29.8 Å². The van der Waals surface area contributed by atoms with Gasteiger partial charge in [-0.1, -0.05) is 46.3 Å². The third-order valence-electron chi connectivity index (χ3n) is 3.76. The number of amides is 1. The van der Waals surface area contributed by atoms with E-state index in [1.54, 1.807) is 37.3 Å². The number of halogens is 4. The maximum atomic E-state index is 13.0. The summed E-state index contributed by atoms with van der Waals surface area (Å²) in [4.78, 5) is 11.1. The second kappa shape index (κ2) is 5.39. The molecule has 1 aliphatic rings. The van der Waals surface area contributed by atoms with E-state index < -0.39 is 22.3 Å². The second-order valence-electron chi connectivity index (χ2n) is 5.15.